The number of rotatable bonds is 6. The first-order valence-electron chi connectivity index (χ1n) is 9.33. The lowest BCUT2D eigenvalue weighted by Gasteiger charge is -2.31. The molecule has 0 saturated carbocycles. The molecule has 1 saturated heterocycles. The largest absolute Gasteiger partial charge is 0.353 e. The van der Waals surface area contributed by atoms with Crippen molar-refractivity contribution in [2.75, 3.05) is 18.4 Å². The predicted molar refractivity (Wildman–Crippen MR) is 107 cm³/mol. The average Bonchev–Trinajstić information content (AvgIpc) is 2.68. The van der Waals surface area contributed by atoms with Crippen molar-refractivity contribution in [3.8, 4) is 0 Å². The van der Waals surface area contributed by atoms with Crippen molar-refractivity contribution >= 4 is 21.7 Å². The molecule has 3 rings (SSSR count). The zero-order valence-corrected chi connectivity index (χ0v) is 17.0. The van der Waals surface area contributed by atoms with Crippen molar-refractivity contribution in [1.29, 1.82) is 0 Å². The fraction of sp³-hybridized carbons (Fsp3) is 0.444. The summed E-state index contributed by atoms with van der Waals surface area (Å²) in [6.07, 6.45) is 1.64. The average molecular weight is 421 g/mol. The summed E-state index contributed by atoms with van der Waals surface area (Å²) in [5.74, 6) is 0.379. The number of hydrogen-bond acceptors (Lipinski definition) is 7. The van der Waals surface area contributed by atoms with Crippen molar-refractivity contribution in [3.63, 3.8) is 0 Å². The molecule has 11 heteroatoms. The molecule has 2 heterocycles. The summed E-state index contributed by atoms with van der Waals surface area (Å²) in [5.41, 5.74) is 0.884. The SMILES string of the molecule is CCc1c(C)nc(NC2CCN(S(=O)(=O)c3cccc([N+](=O)[O-])c3)CC2)[nH]c1=O. The summed E-state index contributed by atoms with van der Waals surface area (Å²) in [5, 5.41) is 14.1. The Labute approximate surface area is 168 Å². The van der Waals surface area contributed by atoms with Gasteiger partial charge in [-0.05, 0) is 32.3 Å². The molecule has 10 nitrogen and oxygen atoms in total. The molecule has 0 radical (unpaired) electrons. The highest BCUT2D eigenvalue weighted by atomic mass is 32.2. The Morgan fingerprint density at radius 3 is 2.62 bits per heavy atom. The van der Waals surface area contributed by atoms with Crippen molar-refractivity contribution < 1.29 is 13.3 Å². The van der Waals surface area contributed by atoms with E-state index in [0.29, 0.717) is 36.5 Å². The molecule has 0 spiro atoms. The third kappa shape index (κ3) is 4.46. The summed E-state index contributed by atoms with van der Waals surface area (Å²) in [6, 6.07) is 5.02. The topological polar surface area (TPSA) is 138 Å². The number of nitrogens with one attached hydrogen (secondary N) is 2. The van der Waals surface area contributed by atoms with Crippen molar-refractivity contribution in [1.82, 2.24) is 14.3 Å². The Bertz CT molecular complexity index is 1070. The lowest BCUT2D eigenvalue weighted by Crippen LogP contribution is -2.42. The molecule has 2 N–H and O–H groups in total. The molecule has 0 aliphatic carbocycles. The molecule has 29 heavy (non-hydrogen) atoms. The summed E-state index contributed by atoms with van der Waals surface area (Å²) < 4.78 is 26.9. The van der Waals surface area contributed by atoms with Crippen LogP contribution in [0.4, 0.5) is 11.6 Å². The normalized spacial score (nSPS) is 15.9. The molecule has 0 atom stereocenters. The molecular formula is C18H23N5O5S. The predicted octanol–water partition coefficient (Wildman–Crippen LogP) is 1.81. The fourth-order valence-electron chi connectivity index (χ4n) is 3.44. The molecule has 1 aromatic carbocycles. The number of aryl methyl sites for hydroxylation is 1. The van der Waals surface area contributed by atoms with Gasteiger partial charge in [-0.1, -0.05) is 13.0 Å². The van der Waals surface area contributed by atoms with Crippen LogP contribution < -0.4 is 10.9 Å². The van der Waals surface area contributed by atoms with E-state index in [1.165, 1.54) is 22.5 Å². The number of H-pyrrole nitrogens is 1. The molecule has 0 bridgehead atoms. The third-order valence-corrected chi connectivity index (χ3v) is 6.93. The third-order valence-electron chi connectivity index (χ3n) is 5.04. The van der Waals surface area contributed by atoms with Gasteiger partial charge in [0.05, 0.1) is 9.82 Å². The van der Waals surface area contributed by atoms with Gasteiger partial charge in [-0.2, -0.15) is 4.31 Å². The van der Waals surface area contributed by atoms with E-state index in [0.717, 1.165) is 6.07 Å². The fourth-order valence-corrected chi connectivity index (χ4v) is 4.95. The van der Waals surface area contributed by atoms with Gasteiger partial charge < -0.3 is 5.32 Å². The van der Waals surface area contributed by atoms with Gasteiger partial charge in [-0.25, -0.2) is 13.4 Å². The number of non-ortho nitro benzene ring substituents is 1. The van der Waals surface area contributed by atoms with Crippen LogP contribution in [0.15, 0.2) is 34.0 Å². The van der Waals surface area contributed by atoms with Crippen LogP contribution in [0.3, 0.4) is 0 Å². The molecule has 156 valence electrons. The Kier molecular flexibility index (Phi) is 5.99. The van der Waals surface area contributed by atoms with Gasteiger partial charge >= 0.3 is 0 Å². The van der Waals surface area contributed by atoms with E-state index in [1.807, 2.05) is 6.92 Å². The first kappa shape index (κ1) is 20.9. The van der Waals surface area contributed by atoms with Crippen LogP contribution in [-0.2, 0) is 16.4 Å². The van der Waals surface area contributed by atoms with Gasteiger partial charge in [0.2, 0.25) is 16.0 Å². The van der Waals surface area contributed by atoms with Gasteiger partial charge in [0.25, 0.3) is 11.2 Å². The van der Waals surface area contributed by atoms with E-state index in [2.05, 4.69) is 15.3 Å². The number of anilines is 1. The van der Waals surface area contributed by atoms with E-state index < -0.39 is 14.9 Å². The quantitative estimate of drug-likeness (QED) is 0.536. The second kappa shape index (κ2) is 8.29. The Hall–Kier alpha value is -2.79. The minimum Gasteiger partial charge on any atom is -0.353 e. The van der Waals surface area contributed by atoms with Crippen LogP contribution in [-0.4, -0.2) is 46.7 Å². The Morgan fingerprint density at radius 2 is 2.03 bits per heavy atom. The van der Waals surface area contributed by atoms with E-state index in [-0.39, 0.29) is 35.3 Å². The smallest absolute Gasteiger partial charge is 0.270 e. The first-order valence-corrected chi connectivity index (χ1v) is 10.8. The highest BCUT2D eigenvalue weighted by Crippen LogP contribution is 2.24. The van der Waals surface area contributed by atoms with Crippen LogP contribution in [0.25, 0.3) is 0 Å². The standard InChI is InChI=1S/C18H23N5O5S/c1-3-16-12(2)19-18(21-17(16)24)20-13-7-9-22(10-8-13)29(27,28)15-6-4-5-14(11-15)23(25)26/h4-6,11,13H,3,7-10H2,1-2H3,(H2,19,20,21,24). The maximum Gasteiger partial charge on any atom is 0.270 e. The van der Waals surface area contributed by atoms with Gasteiger partial charge in [-0.3, -0.25) is 19.9 Å². The summed E-state index contributed by atoms with van der Waals surface area (Å²) in [6.45, 7) is 4.20. The summed E-state index contributed by atoms with van der Waals surface area (Å²) in [7, 11) is -3.81. The van der Waals surface area contributed by atoms with Crippen molar-refractivity contribution in [3.05, 3.63) is 56.0 Å². The molecule has 2 aromatic rings. The molecule has 0 amide bonds. The van der Waals surface area contributed by atoms with E-state index in [1.54, 1.807) is 6.92 Å². The monoisotopic (exact) mass is 421 g/mol. The molecule has 1 aliphatic rings. The van der Waals surface area contributed by atoms with Crippen LogP contribution in [0, 0.1) is 17.0 Å². The van der Waals surface area contributed by atoms with Crippen LogP contribution in [0.2, 0.25) is 0 Å². The van der Waals surface area contributed by atoms with E-state index in [9.17, 15) is 23.3 Å². The number of hydrogen-bond donors (Lipinski definition) is 2. The number of nitrogens with zero attached hydrogens (tertiary/aromatic N) is 3. The number of nitro benzene ring substituents is 1. The maximum atomic E-state index is 12.8. The van der Waals surface area contributed by atoms with Gasteiger partial charge in [0.15, 0.2) is 0 Å². The molecule has 1 aromatic heterocycles. The van der Waals surface area contributed by atoms with Crippen molar-refractivity contribution in [2.45, 2.75) is 44.0 Å². The van der Waals surface area contributed by atoms with E-state index >= 15 is 0 Å². The van der Waals surface area contributed by atoms with Crippen LogP contribution >= 0.6 is 0 Å². The Morgan fingerprint density at radius 1 is 1.34 bits per heavy atom. The van der Waals surface area contributed by atoms with Gasteiger partial charge in [-0.15, -0.1) is 0 Å². The number of piperidine rings is 1. The minimum absolute atomic E-state index is 0.0402. The second-order valence-corrected chi connectivity index (χ2v) is 8.85. The number of nitro groups is 1. The number of sulfonamides is 1. The van der Waals surface area contributed by atoms with E-state index in [4.69, 9.17) is 0 Å². The molecule has 1 aliphatic heterocycles. The van der Waals surface area contributed by atoms with Gasteiger partial charge in [0.1, 0.15) is 0 Å². The lowest BCUT2D eigenvalue weighted by molar-refractivity contribution is -0.385. The molecule has 1 fully saturated rings. The summed E-state index contributed by atoms with van der Waals surface area (Å²) >= 11 is 0. The van der Waals surface area contributed by atoms with Gasteiger partial charge in [0, 0.05) is 42.5 Å². The highest BCUT2D eigenvalue weighted by molar-refractivity contribution is 7.89. The number of aromatic amines is 1. The lowest BCUT2D eigenvalue weighted by atomic mass is 10.1. The van der Waals surface area contributed by atoms with Crippen LogP contribution in [0.1, 0.15) is 31.0 Å². The minimum atomic E-state index is -3.81. The summed E-state index contributed by atoms with van der Waals surface area (Å²) in [4.78, 5) is 29.4. The zero-order chi connectivity index (χ0) is 21.2. The maximum absolute atomic E-state index is 12.8. The number of aromatic nitrogens is 2. The molecule has 0 unspecified atom stereocenters. The first-order chi connectivity index (χ1) is 13.7. The number of benzene rings is 1. The molecular weight excluding hydrogens is 398 g/mol. The van der Waals surface area contributed by atoms with Crippen LogP contribution in [0.5, 0.6) is 0 Å². The Balaban J connectivity index is 1.68. The zero-order valence-electron chi connectivity index (χ0n) is 16.2. The highest BCUT2D eigenvalue weighted by Gasteiger charge is 2.30. The van der Waals surface area contributed by atoms with Crippen molar-refractivity contribution in [2.24, 2.45) is 0 Å². The second-order valence-electron chi connectivity index (χ2n) is 6.91.